The molecule has 0 fully saturated rings. The molecule has 104 valence electrons. The van der Waals surface area contributed by atoms with Crippen LogP contribution < -0.4 is 5.32 Å². The molecule has 0 saturated heterocycles. The molecule has 0 aromatic carbocycles. The third-order valence-electron chi connectivity index (χ3n) is 2.44. The van der Waals surface area contributed by atoms with Gasteiger partial charge < -0.3 is 15.2 Å². The van der Waals surface area contributed by atoms with Crippen molar-refractivity contribution in [1.29, 1.82) is 0 Å². The summed E-state index contributed by atoms with van der Waals surface area (Å²) in [6.45, 7) is 2.25. The molecule has 2 rings (SSSR count). The Balaban J connectivity index is 1.55. The van der Waals surface area contributed by atoms with E-state index in [-0.39, 0.29) is 0 Å². The Kier molecular flexibility index (Phi) is 6.49. The maximum absolute atomic E-state index is 9.77. The van der Waals surface area contributed by atoms with E-state index in [1.807, 2.05) is 17.5 Å². The van der Waals surface area contributed by atoms with Crippen LogP contribution in [0.5, 0.6) is 0 Å². The normalized spacial score (nSPS) is 12.7. The van der Waals surface area contributed by atoms with Crippen LogP contribution in [0.25, 0.3) is 0 Å². The molecule has 2 aromatic rings. The maximum atomic E-state index is 9.77. The van der Waals surface area contributed by atoms with Crippen LogP contribution in [-0.2, 0) is 17.9 Å². The third-order valence-corrected chi connectivity index (χ3v) is 4.98. The number of rotatable bonds is 8. The van der Waals surface area contributed by atoms with Crippen molar-refractivity contribution in [3.05, 3.63) is 43.2 Å². The zero-order valence-electron chi connectivity index (χ0n) is 10.3. The van der Waals surface area contributed by atoms with Gasteiger partial charge >= 0.3 is 0 Å². The lowest BCUT2D eigenvalue weighted by Crippen LogP contribution is -2.29. The smallest absolute Gasteiger partial charge is 0.0897 e. The molecule has 0 bridgehead atoms. The molecule has 1 unspecified atom stereocenters. The Labute approximate surface area is 129 Å². The molecular weight excluding hydrogens is 346 g/mol. The second kappa shape index (κ2) is 8.14. The van der Waals surface area contributed by atoms with Gasteiger partial charge in [-0.25, -0.2) is 0 Å². The summed E-state index contributed by atoms with van der Waals surface area (Å²) in [4.78, 5) is 2.43. The van der Waals surface area contributed by atoms with Crippen LogP contribution in [0.15, 0.2) is 33.4 Å². The van der Waals surface area contributed by atoms with Crippen LogP contribution in [0.2, 0.25) is 0 Å². The number of hydrogen-bond donors (Lipinski definition) is 2. The fourth-order valence-electron chi connectivity index (χ4n) is 1.56. The lowest BCUT2D eigenvalue weighted by molar-refractivity contribution is 0.0297. The van der Waals surface area contributed by atoms with Crippen molar-refractivity contribution >= 4 is 38.6 Å². The van der Waals surface area contributed by atoms with Crippen LogP contribution in [0, 0.1) is 0 Å². The van der Waals surface area contributed by atoms with Gasteiger partial charge in [0.05, 0.1) is 19.3 Å². The predicted molar refractivity (Wildman–Crippen MR) is 83.7 cm³/mol. The molecular formula is C13H16BrNO2S2. The summed E-state index contributed by atoms with van der Waals surface area (Å²) < 4.78 is 6.57. The van der Waals surface area contributed by atoms with E-state index in [0.717, 1.165) is 11.0 Å². The van der Waals surface area contributed by atoms with Gasteiger partial charge in [0.2, 0.25) is 0 Å². The van der Waals surface area contributed by atoms with E-state index >= 15 is 0 Å². The Hall–Kier alpha value is -0.240. The summed E-state index contributed by atoms with van der Waals surface area (Å²) in [5.41, 5.74) is 0. The first-order valence-corrected chi connectivity index (χ1v) is 8.51. The van der Waals surface area contributed by atoms with Crippen molar-refractivity contribution in [1.82, 2.24) is 5.32 Å². The molecule has 1 atom stereocenters. The minimum absolute atomic E-state index is 0.360. The van der Waals surface area contributed by atoms with Crippen molar-refractivity contribution in [3.8, 4) is 0 Å². The third kappa shape index (κ3) is 5.72. The second-order valence-electron chi connectivity index (χ2n) is 4.11. The minimum Gasteiger partial charge on any atom is -0.389 e. The molecule has 0 saturated carbocycles. The van der Waals surface area contributed by atoms with Crippen LogP contribution in [-0.4, -0.2) is 24.4 Å². The van der Waals surface area contributed by atoms with E-state index in [4.69, 9.17) is 4.74 Å². The van der Waals surface area contributed by atoms with Crippen LogP contribution in [0.3, 0.4) is 0 Å². The molecule has 0 aliphatic carbocycles. The largest absolute Gasteiger partial charge is 0.389 e. The number of aliphatic hydroxyl groups excluding tert-OH is 1. The van der Waals surface area contributed by atoms with Gasteiger partial charge in [0.1, 0.15) is 0 Å². The molecule has 0 radical (unpaired) electrons. The van der Waals surface area contributed by atoms with Crippen LogP contribution >= 0.6 is 38.6 Å². The summed E-state index contributed by atoms with van der Waals surface area (Å²) in [5.74, 6) is 0. The average Bonchev–Trinajstić information content (AvgIpc) is 3.01. The van der Waals surface area contributed by atoms with E-state index in [1.54, 1.807) is 22.7 Å². The molecule has 2 heterocycles. The minimum atomic E-state index is -0.469. The number of ether oxygens (including phenoxy) is 1. The van der Waals surface area contributed by atoms with Gasteiger partial charge in [0, 0.05) is 32.7 Å². The number of halogens is 1. The zero-order chi connectivity index (χ0) is 13.5. The molecule has 2 aromatic heterocycles. The zero-order valence-corrected chi connectivity index (χ0v) is 13.6. The predicted octanol–water partition coefficient (Wildman–Crippen LogP) is 3.24. The molecule has 0 aliphatic rings. The highest BCUT2D eigenvalue weighted by Crippen LogP contribution is 2.19. The highest BCUT2D eigenvalue weighted by molar-refractivity contribution is 9.10. The topological polar surface area (TPSA) is 41.5 Å². The molecule has 0 spiro atoms. The van der Waals surface area contributed by atoms with Gasteiger partial charge in [-0.1, -0.05) is 6.07 Å². The van der Waals surface area contributed by atoms with Gasteiger partial charge in [-0.3, -0.25) is 0 Å². The summed E-state index contributed by atoms with van der Waals surface area (Å²) in [6.07, 6.45) is -0.469. The summed E-state index contributed by atoms with van der Waals surface area (Å²) >= 11 is 6.78. The first-order valence-electron chi connectivity index (χ1n) is 5.96. The van der Waals surface area contributed by atoms with Crippen molar-refractivity contribution in [2.75, 3.05) is 13.2 Å². The lowest BCUT2D eigenvalue weighted by Gasteiger charge is -2.11. The van der Waals surface area contributed by atoms with Crippen LogP contribution in [0.4, 0.5) is 0 Å². The number of aliphatic hydroxyl groups is 1. The summed E-state index contributed by atoms with van der Waals surface area (Å²) in [5, 5.41) is 17.1. The molecule has 0 aliphatic heterocycles. The Bertz CT molecular complexity index is 473. The molecule has 2 N–H and O–H groups in total. The summed E-state index contributed by atoms with van der Waals surface area (Å²) in [7, 11) is 0. The van der Waals surface area contributed by atoms with Gasteiger partial charge in [0.15, 0.2) is 0 Å². The molecule has 6 heteroatoms. The van der Waals surface area contributed by atoms with E-state index in [2.05, 4.69) is 32.7 Å². The first-order chi connectivity index (χ1) is 9.24. The molecule has 3 nitrogen and oxygen atoms in total. The number of hydrogen-bond acceptors (Lipinski definition) is 5. The Morgan fingerprint density at radius 2 is 2.26 bits per heavy atom. The van der Waals surface area contributed by atoms with Gasteiger partial charge in [-0.2, -0.15) is 0 Å². The van der Waals surface area contributed by atoms with E-state index in [9.17, 15) is 5.11 Å². The van der Waals surface area contributed by atoms with E-state index in [0.29, 0.717) is 19.8 Å². The maximum Gasteiger partial charge on any atom is 0.0897 e. The Morgan fingerprint density at radius 1 is 1.37 bits per heavy atom. The van der Waals surface area contributed by atoms with Crippen LogP contribution in [0.1, 0.15) is 9.75 Å². The fraction of sp³-hybridized carbons (Fsp3) is 0.385. The fourth-order valence-corrected chi connectivity index (χ4v) is 3.62. The van der Waals surface area contributed by atoms with Gasteiger partial charge in [-0.05, 0) is 33.4 Å². The van der Waals surface area contributed by atoms with E-state index in [1.165, 1.54) is 9.75 Å². The Morgan fingerprint density at radius 3 is 2.95 bits per heavy atom. The van der Waals surface area contributed by atoms with Crippen molar-refractivity contribution in [2.24, 2.45) is 0 Å². The SMILES string of the molecule is OC(CNCc1cc(Br)cs1)COCc1cccs1. The van der Waals surface area contributed by atoms with E-state index < -0.39 is 6.10 Å². The van der Waals surface area contributed by atoms with Gasteiger partial charge in [-0.15, -0.1) is 22.7 Å². The quantitative estimate of drug-likeness (QED) is 0.758. The first kappa shape index (κ1) is 15.2. The van der Waals surface area contributed by atoms with Crippen molar-refractivity contribution in [2.45, 2.75) is 19.3 Å². The number of thiophene rings is 2. The lowest BCUT2D eigenvalue weighted by atomic mass is 10.3. The molecule has 0 amide bonds. The number of nitrogens with one attached hydrogen (secondary N) is 1. The molecule has 19 heavy (non-hydrogen) atoms. The van der Waals surface area contributed by atoms with Crippen molar-refractivity contribution < 1.29 is 9.84 Å². The monoisotopic (exact) mass is 361 g/mol. The average molecular weight is 362 g/mol. The standard InChI is InChI=1S/C13H16BrNO2S2/c14-10-4-13(19-9-10)6-15-5-11(16)7-17-8-12-2-1-3-18-12/h1-4,9,11,15-16H,5-8H2. The van der Waals surface area contributed by atoms with Crippen molar-refractivity contribution in [3.63, 3.8) is 0 Å². The second-order valence-corrected chi connectivity index (χ2v) is 7.05. The van der Waals surface area contributed by atoms with Gasteiger partial charge in [0.25, 0.3) is 0 Å². The summed E-state index contributed by atoms with van der Waals surface area (Å²) in [6, 6.07) is 6.11. The highest BCUT2D eigenvalue weighted by atomic mass is 79.9. The highest BCUT2D eigenvalue weighted by Gasteiger charge is 2.05.